The molecule has 6 heteroatoms. The number of nitrogens with zero attached hydrogens (tertiary/aromatic N) is 1. The van der Waals surface area contributed by atoms with Crippen LogP contribution in [0.2, 0.25) is 0 Å². The molecule has 2 saturated carbocycles. The summed E-state index contributed by atoms with van der Waals surface area (Å²) < 4.78 is 39.8. The number of rotatable bonds is 5. The van der Waals surface area contributed by atoms with Crippen molar-refractivity contribution in [1.82, 2.24) is 9.71 Å². The van der Waals surface area contributed by atoms with Crippen LogP contribution in [-0.4, -0.2) is 19.9 Å². The van der Waals surface area contributed by atoms with Crippen LogP contribution in [0.3, 0.4) is 0 Å². The van der Waals surface area contributed by atoms with Gasteiger partial charge in [0.1, 0.15) is 0 Å². The summed E-state index contributed by atoms with van der Waals surface area (Å²) in [6.07, 6.45) is 5.82. The summed E-state index contributed by atoms with van der Waals surface area (Å²) in [6, 6.07) is 2.48. The Morgan fingerprint density at radius 3 is 2.72 bits per heavy atom. The molecule has 0 saturated heterocycles. The van der Waals surface area contributed by atoms with E-state index in [0.717, 1.165) is 18.9 Å². The van der Waals surface area contributed by atoms with E-state index in [1.54, 1.807) is 0 Å². The van der Waals surface area contributed by atoms with Crippen molar-refractivity contribution in [1.29, 1.82) is 0 Å². The van der Waals surface area contributed by atoms with Gasteiger partial charge < -0.3 is 0 Å². The van der Waals surface area contributed by atoms with Crippen molar-refractivity contribution in [2.75, 3.05) is 6.54 Å². The third-order valence-corrected chi connectivity index (χ3v) is 5.26. The van der Waals surface area contributed by atoms with Crippen LogP contribution in [0.5, 0.6) is 0 Å². The summed E-state index contributed by atoms with van der Waals surface area (Å²) in [5.41, 5.74) is 0.151. The van der Waals surface area contributed by atoms with Gasteiger partial charge in [0.15, 0.2) is 5.82 Å². The van der Waals surface area contributed by atoms with E-state index in [1.807, 2.05) is 0 Å². The Morgan fingerprint density at radius 1 is 1.44 bits per heavy atom. The molecule has 0 aromatic carbocycles. The second-order valence-corrected chi connectivity index (χ2v) is 6.93. The average Bonchev–Trinajstić information content (AvgIpc) is 3.19. The molecule has 0 unspecified atom stereocenters. The normalized spacial score (nSPS) is 21.8. The van der Waals surface area contributed by atoms with E-state index in [2.05, 4.69) is 9.71 Å². The van der Waals surface area contributed by atoms with E-state index in [-0.39, 0.29) is 5.41 Å². The Bertz CT molecular complexity index is 565. The lowest BCUT2D eigenvalue weighted by Crippen LogP contribution is -2.32. The molecule has 0 spiro atoms. The Morgan fingerprint density at radius 2 is 2.17 bits per heavy atom. The number of pyridine rings is 1. The zero-order valence-corrected chi connectivity index (χ0v) is 10.7. The summed E-state index contributed by atoms with van der Waals surface area (Å²) in [6.45, 7) is 0.413. The Hall–Kier alpha value is -1.01. The molecule has 2 aliphatic carbocycles. The highest BCUT2D eigenvalue weighted by Crippen LogP contribution is 2.60. The highest BCUT2D eigenvalue weighted by molar-refractivity contribution is 7.89. The molecule has 0 radical (unpaired) electrons. The lowest BCUT2D eigenvalue weighted by atomic mass is 10.0. The SMILES string of the molecule is O=S(=O)(NCC1(C2CC2)CC1)c1ncccc1F. The van der Waals surface area contributed by atoms with Crippen LogP contribution in [0, 0.1) is 17.2 Å². The fourth-order valence-corrected chi connectivity index (χ4v) is 3.60. The predicted molar refractivity (Wildman–Crippen MR) is 63.8 cm³/mol. The van der Waals surface area contributed by atoms with Crippen molar-refractivity contribution in [3.05, 3.63) is 24.1 Å². The lowest BCUT2D eigenvalue weighted by Gasteiger charge is -2.14. The highest BCUT2D eigenvalue weighted by Gasteiger charge is 2.53. The molecule has 2 fully saturated rings. The fourth-order valence-electron chi connectivity index (χ4n) is 2.46. The number of aromatic nitrogens is 1. The van der Waals surface area contributed by atoms with Gasteiger partial charge in [-0.3, -0.25) is 0 Å². The van der Waals surface area contributed by atoms with Crippen molar-refractivity contribution in [3.63, 3.8) is 0 Å². The molecule has 1 heterocycles. The quantitative estimate of drug-likeness (QED) is 0.885. The monoisotopic (exact) mass is 270 g/mol. The summed E-state index contributed by atoms with van der Waals surface area (Å²) in [5, 5.41) is -0.503. The van der Waals surface area contributed by atoms with Gasteiger partial charge in [0.05, 0.1) is 0 Å². The van der Waals surface area contributed by atoms with Gasteiger partial charge in [-0.15, -0.1) is 0 Å². The smallest absolute Gasteiger partial charge is 0.241 e. The average molecular weight is 270 g/mol. The topological polar surface area (TPSA) is 59.1 Å². The molecular weight excluding hydrogens is 255 g/mol. The Balaban J connectivity index is 1.73. The minimum atomic E-state index is -3.83. The first-order valence-corrected chi connectivity index (χ1v) is 7.62. The molecule has 0 atom stereocenters. The van der Waals surface area contributed by atoms with Gasteiger partial charge in [-0.1, -0.05) is 0 Å². The third-order valence-electron chi connectivity index (χ3n) is 3.93. The van der Waals surface area contributed by atoms with Crippen LogP contribution in [0.4, 0.5) is 4.39 Å². The predicted octanol–water partition coefficient (Wildman–Crippen LogP) is 1.69. The van der Waals surface area contributed by atoms with Crippen molar-refractivity contribution >= 4 is 10.0 Å². The maximum Gasteiger partial charge on any atom is 0.261 e. The summed E-state index contributed by atoms with van der Waals surface area (Å²) in [5.74, 6) is -0.143. The molecule has 2 aliphatic rings. The molecule has 0 bridgehead atoms. The van der Waals surface area contributed by atoms with E-state index >= 15 is 0 Å². The first kappa shape index (κ1) is 12.0. The van der Waals surface area contributed by atoms with Gasteiger partial charge in [0, 0.05) is 12.7 Å². The second kappa shape index (κ2) is 3.99. The Labute approximate surface area is 106 Å². The van der Waals surface area contributed by atoms with Crippen molar-refractivity contribution in [2.24, 2.45) is 11.3 Å². The van der Waals surface area contributed by atoms with Crippen LogP contribution in [0.15, 0.2) is 23.4 Å². The zero-order chi connectivity index (χ0) is 12.8. The van der Waals surface area contributed by atoms with Crippen LogP contribution in [0.1, 0.15) is 25.7 Å². The fraction of sp³-hybridized carbons (Fsp3) is 0.583. The van der Waals surface area contributed by atoms with Crippen molar-refractivity contribution in [2.45, 2.75) is 30.7 Å². The van der Waals surface area contributed by atoms with E-state index in [1.165, 1.54) is 25.1 Å². The van der Waals surface area contributed by atoms with Crippen LogP contribution in [-0.2, 0) is 10.0 Å². The van der Waals surface area contributed by atoms with Gasteiger partial charge in [0.25, 0.3) is 10.0 Å². The molecule has 0 amide bonds. The van der Waals surface area contributed by atoms with Gasteiger partial charge in [0.2, 0.25) is 5.03 Å². The molecule has 18 heavy (non-hydrogen) atoms. The number of nitrogens with one attached hydrogen (secondary N) is 1. The summed E-state index contributed by atoms with van der Waals surface area (Å²) in [7, 11) is -3.83. The zero-order valence-electron chi connectivity index (χ0n) is 9.89. The number of hydrogen-bond donors (Lipinski definition) is 1. The molecule has 0 aliphatic heterocycles. The highest BCUT2D eigenvalue weighted by atomic mass is 32.2. The number of sulfonamides is 1. The van der Waals surface area contributed by atoms with Gasteiger partial charge >= 0.3 is 0 Å². The third kappa shape index (κ3) is 2.14. The van der Waals surface area contributed by atoms with Gasteiger partial charge in [-0.2, -0.15) is 0 Å². The standard InChI is InChI=1S/C12H15FN2O2S/c13-10-2-1-7-14-11(10)18(16,17)15-8-12(5-6-12)9-3-4-9/h1-2,7,9,15H,3-6,8H2. The van der Waals surface area contributed by atoms with E-state index in [0.29, 0.717) is 12.5 Å². The van der Waals surface area contributed by atoms with E-state index in [9.17, 15) is 12.8 Å². The minimum absolute atomic E-state index is 0.151. The maximum absolute atomic E-state index is 13.4. The Kier molecular flexibility index (Phi) is 2.67. The first-order chi connectivity index (χ1) is 8.54. The van der Waals surface area contributed by atoms with Crippen molar-refractivity contribution < 1.29 is 12.8 Å². The lowest BCUT2D eigenvalue weighted by molar-refractivity contribution is 0.430. The molecule has 3 rings (SSSR count). The van der Waals surface area contributed by atoms with Crippen LogP contribution < -0.4 is 4.72 Å². The molecule has 1 aromatic rings. The van der Waals surface area contributed by atoms with E-state index < -0.39 is 20.9 Å². The summed E-state index contributed by atoms with van der Waals surface area (Å²) in [4.78, 5) is 3.61. The van der Waals surface area contributed by atoms with E-state index in [4.69, 9.17) is 0 Å². The van der Waals surface area contributed by atoms with Crippen LogP contribution >= 0.6 is 0 Å². The molecular formula is C12H15FN2O2S. The number of hydrogen-bond acceptors (Lipinski definition) is 3. The summed E-state index contributed by atoms with van der Waals surface area (Å²) >= 11 is 0. The second-order valence-electron chi connectivity index (χ2n) is 5.25. The van der Waals surface area contributed by atoms with Crippen molar-refractivity contribution in [3.8, 4) is 0 Å². The van der Waals surface area contributed by atoms with Gasteiger partial charge in [-0.05, 0) is 49.1 Å². The maximum atomic E-state index is 13.4. The first-order valence-electron chi connectivity index (χ1n) is 6.14. The molecule has 98 valence electrons. The van der Waals surface area contributed by atoms with Gasteiger partial charge in [-0.25, -0.2) is 22.5 Å². The molecule has 1 N–H and O–H groups in total. The minimum Gasteiger partial charge on any atom is -0.241 e. The number of halogens is 1. The largest absolute Gasteiger partial charge is 0.261 e. The molecule has 4 nitrogen and oxygen atoms in total. The molecule has 1 aromatic heterocycles. The van der Waals surface area contributed by atoms with Crippen LogP contribution in [0.25, 0.3) is 0 Å².